The zero-order valence-electron chi connectivity index (χ0n) is 15.0. The van der Waals surface area contributed by atoms with Gasteiger partial charge >= 0.3 is 59.1 Å². The van der Waals surface area contributed by atoms with E-state index in [9.17, 15) is 24.6 Å². The largest absolute Gasteiger partial charge is 1.00 e. The molecule has 1 amide bonds. The summed E-state index contributed by atoms with van der Waals surface area (Å²) in [5, 5.41) is 21.5. The number of carbonyl (C=O) groups is 3. The van der Waals surface area contributed by atoms with Crippen LogP contribution in [0.4, 0.5) is 4.72 Å². The van der Waals surface area contributed by atoms with E-state index in [1.54, 1.807) is 0 Å². The molecule has 1 aliphatic heterocycles. The average Bonchev–Trinajstić information content (AvgIpc) is 2.49. The summed E-state index contributed by atoms with van der Waals surface area (Å²) in [6.45, 7) is 2.56. The van der Waals surface area contributed by atoms with Gasteiger partial charge in [0.25, 0.3) is 1.45 Å². The monoisotopic (exact) mass is 348 g/mol. The average molecular weight is 348 g/mol. The predicted octanol–water partition coefficient (Wildman–Crippen LogP) is -7.17. The minimum atomic E-state index is -1.39. The molecule has 2 aliphatic rings. The fraction of sp³-hybridized carbons (Fsp3) is 0.786. The third-order valence-electron chi connectivity index (χ3n) is 4.69. The molecule has 0 radical (unpaired) electrons. The van der Waals surface area contributed by atoms with Crippen molar-refractivity contribution >= 4 is 17.8 Å². The van der Waals surface area contributed by atoms with Gasteiger partial charge in [-0.1, -0.05) is 6.92 Å². The van der Waals surface area contributed by atoms with Crippen LogP contribution in [0.2, 0.25) is 0 Å². The smallest absolute Gasteiger partial charge is 0.550 e. The van der Waals surface area contributed by atoms with Crippen LogP contribution in [0.3, 0.4) is 0 Å². The zero-order valence-corrected chi connectivity index (χ0v) is 18.0. The van der Waals surface area contributed by atoms with E-state index in [2.05, 4.69) is 8.37 Å². The van der Waals surface area contributed by atoms with Crippen molar-refractivity contribution in [3.63, 3.8) is 0 Å². The van der Waals surface area contributed by atoms with Crippen LogP contribution >= 0.6 is 0 Å². The molecule has 1 aliphatic carbocycles. The van der Waals surface area contributed by atoms with Crippen LogP contribution in [-0.2, 0) is 14.4 Å². The third-order valence-corrected chi connectivity index (χ3v) is 4.69. The predicted molar refractivity (Wildman–Crippen MR) is 67.3 cm³/mol. The quantitative estimate of drug-likeness (QED) is 0.363. The molecule has 1 atom stereocenters. The summed E-state index contributed by atoms with van der Waals surface area (Å²) >= 11 is 0. The first kappa shape index (κ1) is 23.3. The molecule has 23 heavy (non-hydrogen) atoms. The van der Waals surface area contributed by atoms with Crippen molar-refractivity contribution in [1.82, 2.24) is 4.90 Å². The number of β-lactam (4-membered cyclic amide) rings is 1. The number of rotatable bonds is 5. The van der Waals surface area contributed by atoms with Crippen molar-refractivity contribution in [3.05, 3.63) is 0 Å². The van der Waals surface area contributed by atoms with Gasteiger partial charge in [-0.3, -0.25) is 9.51 Å². The van der Waals surface area contributed by atoms with E-state index in [0.717, 1.165) is 25.7 Å². The van der Waals surface area contributed by atoms with Gasteiger partial charge in [0.1, 0.15) is 0 Å². The van der Waals surface area contributed by atoms with Crippen molar-refractivity contribution < 1.29 is 88.4 Å². The Morgan fingerprint density at radius 2 is 1.87 bits per heavy atom. The van der Waals surface area contributed by atoms with Crippen LogP contribution in [0.15, 0.2) is 0 Å². The van der Waals surface area contributed by atoms with Crippen LogP contribution in [0.25, 0.3) is 0 Å². The molecule has 1 saturated heterocycles. The standard InChI is InChI=1S/C14H21NO5.FH.2Na/c1-9-4-6-14(7-5-9)8-15(13(14)20)10(12(18)19)2-3-11(16)17;;;/h9-10H,2-8H2,1H3,(H,16,17)(H,18,19);1H;;/q;;2*+1/p-2/t9?,10-,14?;;;/m0.../s1/i/hD. The van der Waals surface area contributed by atoms with Gasteiger partial charge in [-0.15, -0.1) is 0 Å². The summed E-state index contributed by atoms with van der Waals surface area (Å²) in [5.41, 5.74) is -0.401. The van der Waals surface area contributed by atoms with Gasteiger partial charge in [-0.25, -0.2) is 0 Å². The van der Waals surface area contributed by atoms with E-state index in [0.29, 0.717) is 12.5 Å². The molecule has 0 aromatic carbocycles. The number of hydrogen-bond acceptors (Lipinski definition) is 5. The van der Waals surface area contributed by atoms with Gasteiger partial charge < -0.3 is 24.7 Å². The van der Waals surface area contributed by atoms with Crippen LogP contribution in [0, 0.1) is 11.3 Å². The van der Waals surface area contributed by atoms with Crippen LogP contribution < -0.4 is 69.3 Å². The van der Waals surface area contributed by atoms with Crippen molar-refractivity contribution in [1.29, 1.82) is 1.45 Å². The van der Waals surface area contributed by atoms with Gasteiger partial charge in [0.2, 0.25) is 5.91 Å². The minimum Gasteiger partial charge on any atom is -0.550 e. The Morgan fingerprint density at radius 3 is 2.26 bits per heavy atom. The number of amides is 1. The number of carbonyl (C=O) groups excluding carboxylic acids is 3. The molecular formula is C14H20FNNa2O5. The van der Waals surface area contributed by atoms with Crippen molar-refractivity contribution in [3.8, 4) is 0 Å². The number of likely N-dealkylation sites (tertiary alicyclic amines) is 1. The maximum absolute atomic E-state index is 12.3. The van der Waals surface area contributed by atoms with Gasteiger partial charge in [-0.05, 0) is 44.4 Å². The number of carboxylic acids is 2. The molecule has 120 valence electrons. The first-order valence-corrected chi connectivity index (χ1v) is 7.07. The molecule has 1 spiro atoms. The first-order valence-electron chi connectivity index (χ1n) is 7.45. The fourth-order valence-electron chi connectivity index (χ4n) is 3.27. The van der Waals surface area contributed by atoms with Crippen molar-refractivity contribution in [2.75, 3.05) is 6.54 Å². The Balaban J connectivity index is 0. The molecule has 0 N–H and O–H groups in total. The molecular weight excluding hydrogens is 327 g/mol. The number of carboxylic acid groups (broad SMARTS) is 2. The number of nitrogens with zero attached hydrogens (tertiary/aromatic N) is 1. The second-order valence-electron chi connectivity index (χ2n) is 6.14. The molecule has 0 bridgehead atoms. The Hall–Kier alpha value is 0.340. The number of halogens is 1. The van der Waals surface area contributed by atoms with Gasteiger partial charge in [0.05, 0.1) is 17.4 Å². The van der Waals surface area contributed by atoms with E-state index in [-0.39, 0.29) is 77.9 Å². The van der Waals surface area contributed by atoms with Crippen LogP contribution in [0.1, 0.15) is 45.4 Å². The van der Waals surface area contributed by atoms with Crippen molar-refractivity contribution in [2.24, 2.45) is 11.3 Å². The first-order chi connectivity index (χ1) is 10.4. The maximum Gasteiger partial charge on any atom is 1.00 e. The third kappa shape index (κ3) is 5.68. The Bertz CT molecular complexity index is 447. The van der Waals surface area contributed by atoms with E-state index >= 15 is 0 Å². The second-order valence-corrected chi connectivity index (χ2v) is 6.14. The molecule has 0 aromatic rings. The summed E-state index contributed by atoms with van der Waals surface area (Å²) in [6.07, 6.45) is 3.02. The SMILES string of the molecule is CC1CCC2(CC1)CN([C@@H](CCC(=O)[O-])C(=O)[O-])C2=O.[2H]F.[Na+].[Na+]. The van der Waals surface area contributed by atoms with Crippen molar-refractivity contribution in [2.45, 2.75) is 51.5 Å². The summed E-state index contributed by atoms with van der Waals surface area (Å²) < 4.78 is 13.0. The number of hydrogen-bond donors (Lipinski definition) is 0. The molecule has 2 rings (SSSR count). The van der Waals surface area contributed by atoms with Crippen LogP contribution in [0.5, 0.6) is 0 Å². The van der Waals surface area contributed by atoms with Crippen LogP contribution in [-0.4, -0.2) is 36.8 Å². The summed E-state index contributed by atoms with van der Waals surface area (Å²) in [5.74, 6) is -2.25. The van der Waals surface area contributed by atoms with E-state index in [4.69, 9.17) is 4.72 Å². The Kier molecular flexibility index (Phi) is 10.5. The summed E-state index contributed by atoms with van der Waals surface area (Å²) in [4.78, 5) is 35.1. The Labute approximate surface area is 180 Å². The van der Waals surface area contributed by atoms with Gasteiger partial charge in [-0.2, -0.15) is 0 Å². The van der Waals surface area contributed by atoms with E-state index in [1.165, 1.54) is 4.90 Å². The molecule has 0 unspecified atom stereocenters. The van der Waals surface area contributed by atoms with Gasteiger partial charge in [0.15, 0.2) is 0 Å². The summed E-state index contributed by atoms with van der Waals surface area (Å²) in [7, 11) is 0. The molecule has 1 saturated carbocycles. The van der Waals surface area contributed by atoms with Gasteiger partial charge in [0, 0.05) is 12.5 Å². The maximum atomic E-state index is 12.3. The second kappa shape index (κ2) is 10.4. The molecule has 2 fully saturated rings. The van der Waals surface area contributed by atoms with E-state index in [1.807, 2.05) is 0 Å². The zero-order chi connectivity index (χ0) is 16.9. The fourth-order valence-corrected chi connectivity index (χ4v) is 3.27. The van der Waals surface area contributed by atoms with E-state index < -0.39 is 23.4 Å². The number of aliphatic carboxylic acids is 2. The molecule has 6 nitrogen and oxygen atoms in total. The topological polar surface area (TPSA) is 101 Å². The molecule has 0 aromatic heterocycles. The normalized spacial score (nSPS) is 27.2. The minimum absolute atomic E-state index is 0. The molecule has 1 heterocycles. The Morgan fingerprint density at radius 1 is 1.35 bits per heavy atom. The molecule has 9 heteroatoms. The summed E-state index contributed by atoms with van der Waals surface area (Å²) in [6, 6.07) is -1.15.